The molecule has 1 heterocycles. The van der Waals surface area contributed by atoms with Gasteiger partial charge >= 0.3 is 0 Å². The van der Waals surface area contributed by atoms with Crippen LogP contribution >= 0.6 is 0 Å². The van der Waals surface area contributed by atoms with E-state index in [1.54, 1.807) is 28.4 Å². The summed E-state index contributed by atoms with van der Waals surface area (Å²) in [5, 5.41) is 0. The molecule has 0 unspecified atom stereocenters. The maximum absolute atomic E-state index is 13.3. The number of hydrogen-bond donors (Lipinski definition) is 0. The summed E-state index contributed by atoms with van der Waals surface area (Å²) in [6.45, 7) is 7.59. The summed E-state index contributed by atoms with van der Waals surface area (Å²) in [5.74, 6) is 2.80. The van der Waals surface area contributed by atoms with E-state index in [0.29, 0.717) is 23.6 Å². The van der Waals surface area contributed by atoms with Gasteiger partial charge in [0.2, 0.25) is 0 Å². The lowest BCUT2D eigenvalue weighted by atomic mass is 9.77. The number of nitrogens with zero attached hydrogens (tertiary/aromatic N) is 2. The Balaban J connectivity index is 1.57. The zero-order chi connectivity index (χ0) is 24.9. The van der Waals surface area contributed by atoms with Crippen molar-refractivity contribution in [1.29, 1.82) is 0 Å². The molecule has 0 atom stereocenters. The number of fused-ring (bicyclic) bond motifs is 1. The number of hydrogen-bond acceptors (Lipinski definition) is 6. The monoisotopic (exact) mass is 470 g/mol. The molecule has 0 saturated heterocycles. The van der Waals surface area contributed by atoms with E-state index < -0.39 is 0 Å². The molecule has 186 valence electrons. The molecule has 7 heteroatoms. The van der Waals surface area contributed by atoms with Crippen LogP contribution in [-0.2, 0) is 11.8 Å². The first-order chi connectivity index (χ1) is 16.2. The highest BCUT2D eigenvalue weighted by Crippen LogP contribution is 2.40. The number of carbonyl (C=O) groups is 1. The van der Waals surface area contributed by atoms with Gasteiger partial charge in [-0.15, -0.1) is 0 Å². The average molecular weight is 471 g/mol. The van der Waals surface area contributed by atoms with Gasteiger partial charge in [0.15, 0.2) is 23.0 Å². The van der Waals surface area contributed by atoms with Crippen molar-refractivity contribution in [1.82, 2.24) is 9.80 Å². The predicted octanol–water partition coefficient (Wildman–Crippen LogP) is 4.02. The second kappa shape index (κ2) is 11.0. The first-order valence-electron chi connectivity index (χ1n) is 11.7. The smallest absolute Gasteiger partial charge is 0.254 e. The first kappa shape index (κ1) is 25.7. The molecule has 0 saturated carbocycles. The van der Waals surface area contributed by atoms with Gasteiger partial charge in [0.1, 0.15) is 0 Å². The molecule has 0 aliphatic carbocycles. The highest BCUT2D eigenvalue weighted by molar-refractivity contribution is 5.98. The van der Waals surface area contributed by atoms with Crippen LogP contribution in [0.25, 0.3) is 0 Å². The van der Waals surface area contributed by atoms with Crippen LogP contribution in [-0.4, -0.2) is 77.4 Å². The van der Waals surface area contributed by atoms with Crippen molar-refractivity contribution in [2.75, 3.05) is 61.7 Å². The van der Waals surface area contributed by atoms with Crippen LogP contribution in [0.15, 0.2) is 30.3 Å². The number of rotatable bonds is 11. The van der Waals surface area contributed by atoms with Crippen molar-refractivity contribution < 1.29 is 23.7 Å². The Labute approximate surface area is 203 Å². The Kier molecular flexibility index (Phi) is 8.31. The third kappa shape index (κ3) is 5.58. The van der Waals surface area contributed by atoms with Gasteiger partial charge in [0.25, 0.3) is 5.91 Å². The zero-order valence-electron chi connectivity index (χ0n) is 21.6. The van der Waals surface area contributed by atoms with E-state index in [2.05, 4.69) is 31.9 Å². The predicted molar refractivity (Wildman–Crippen MR) is 134 cm³/mol. The van der Waals surface area contributed by atoms with E-state index in [1.165, 1.54) is 5.56 Å². The highest BCUT2D eigenvalue weighted by Gasteiger charge is 2.37. The molecule has 2 aromatic rings. The number of ether oxygens (including phenoxy) is 4. The quantitative estimate of drug-likeness (QED) is 0.494. The van der Waals surface area contributed by atoms with Crippen molar-refractivity contribution in [3.63, 3.8) is 0 Å². The van der Waals surface area contributed by atoms with Gasteiger partial charge in [-0.1, -0.05) is 19.9 Å². The molecule has 0 radical (unpaired) electrons. The number of benzene rings is 2. The van der Waals surface area contributed by atoms with Crippen molar-refractivity contribution >= 4 is 5.91 Å². The van der Waals surface area contributed by atoms with E-state index >= 15 is 0 Å². The highest BCUT2D eigenvalue weighted by atomic mass is 16.5. The molecule has 1 aliphatic rings. The fourth-order valence-electron chi connectivity index (χ4n) is 4.60. The molecule has 0 bridgehead atoms. The molecule has 0 fully saturated rings. The summed E-state index contributed by atoms with van der Waals surface area (Å²) >= 11 is 0. The van der Waals surface area contributed by atoms with Crippen LogP contribution in [0.3, 0.4) is 0 Å². The summed E-state index contributed by atoms with van der Waals surface area (Å²) in [5.41, 5.74) is 2.76. The summed E-state index contributed by atoms with van der Waals surface area (Å²) in [6.07, 6.45) is 1.83. The third-order valence-corrected chi connectivity index (χ3v) is 6.55. The second-order valence-electron chi connectivity index (χ2n) is 9.46. The molecule has 34 heavy (non-hydrogen) atoms. The summed E-state index contributed by atoms with van der Waals surface area (Å²) in [6, 6.07) is 9.82. The lowest BCUT2D eigenvalue weighted by Crippen LogP contribution is -2.47. The molecular formula is C27H38N2O5. The van der Waals surface area contributed by atoms with Crippen LogP contribution in [0.2, 0.25) is 0 Å². The van der Waals surface area contributed by atoms with Crippen molar-refractivity contribution in [2.45, 2.75) is 32.1 Å². The Hall–Kier alpha value is -2.93. The van der Waals surface area contributed by atoms with Gasteiger partial charge in [0, 0.05) is 30.6 Å². The van der Waals surface area contributed by atoms with Crippen LogP contribution in [0.1, 0.15) is 41.8 Å². The topological polar surface area (TPSA) is 60.5 Å². The number of methoxy groups -OCH3 is 4. The molecule has 0 spiro atoms. The Morgan fingerprint density at radius 2 is 1.50 bits per heavy atom. The van der Waals surface area contributed by atoms with E-state index in [4.69, 9.17) is 18.9 Å². The van der Waals surface area contributed by atoms with Crippen LogP contribution in [0, 0.1) is 0 Å². The van der Waals surface area contributed by atoms with E-state index in [-0.39, 0.29) is 11.3 Å². The van der Waals surface area contributed by atoms with Gasteiger partial charge in [-0.3, -0.25) is 4.79 Å². The first-order valence-corrected chi connectivity index (χ1v) is 11.7. The molecule has 2 aromatic carbocycles. The fraction of sp³-hybridized carbons (Fsp3) is 0.519. The standard InChI is InChI=1S/C27H38N2O5/c1-27(2)18-29(26(30)20-16-24(33-6)25(34-7)17-21(20)27)13-8-12-28(3)14-11-19-9-10-22(31-4)23(15-19)32-5/h9-10,15-17H,8,11-14,18H2,1-7H3. The largest absolute Gasteiger partial charge is 0.493 e. The van der Waals surface area contributed by atoms with Gasteiger partial charge in [-0.05, 0) is 61.8 Å². The lowest BCUT2D eigenvalue weighted by molar-refractivity contribution is 0.0680. The fourth-order valence-corrected chi connectivity index (χ4v) is 4.60. The molecule has 0 N–H and O–H groups in total. The minimum absolute atomic E-state index is 0.0586. The molecule has 7 nitrogen and oxygen atoms in total. The molecular weight excluding hydrogens is 432 g/mol. The van der Waals surface area contributed by atoms with Crippen molar-refractivity contribution in [3.05, 3.63) is 47.0 Å². The lowest BCUT2D eigenvalue weighted by Gasteiger charge is -2.40. The summed E-state index contributed by atoms with van der Waals surface area (Å²) < 4.78 is 21.6. The average Bonchev–Trinajstić information content (AvgIpc) is 2.84. The van der Waals surface area contributed by atoms with Gasteiger partial charge < -0.3 is 28.7 Å². The molecule has 1 amide bonds. The maximum Gasteiger partial charge on any atom is 0.254 e. The minimum Gasteiger partial charge on any atom is -0.493 e. The third-order valence-electron chi connectivity index (χ3n) is 6.55. The Morgan fingerprint density at radius 3 is 2.15 bits per heavy atom. The van der Waals surface area contributed by atoms with Crippen molar-refractivity contribution in [2.24, 2.45) is 0 Å². The summed E-state index contributed by atoms with van der Waals surface area (Å²) in [7, 11) is 8.64. The van der Waals surface area contributed by atoms with Gasteiger partial charge in [-0.25, -0.2) is 0 Å². The van der Waals surface area contributed by atoms with Crippen molar-refractivity contribution in [3.8, 4) is 23.0 Å². The number of carbonyl (C=O) groups excluding carboxylic acids is 1. The van der Waals surface area contributed by atoms with Gasteiger partial charge in [0.05, 0.1) is 28.4 Å². The zero-order valence-corrected chi connectivity index (χ0v) is 21.6. The van der Waals surface area contributed by atoms with E-state index in [1.807, 2.05) is 29.2 Å². The van der Waals surface area contributed by atoms with Crippen LogP contribution < -0.4 is 18.9 Å². The number of likely N-dealkylation sites (N-methyl/N-ethyl adjacent to an activating group) is 1. The molecule has 3 rings (SSSR count). The Morgan fingerprint density at radius 1 is 0.882 bits per heavy atom. The van der Waals surface area contributed by atoms with E-state index in [9.17, 15) is 4.79 Å². The van der Waals surface area contributed by atoms with E-state index in [0.717, 1.165) is 49.5 Å². The molecule has 0 aromatic heterocycles. The second-order valence-corrected chi connectivity index (χ2v) is 9.46. The maximum atomic E-state index is 13.3. The summed E-state index contributed by atoms with van der Waals surface area (Å²) in [4.78, 5) is 17.5. The minimum atomic E-state index is -0.165. The van der Waals surface area contributed by atoms with Crippen LogP contribution in [0.4, 0.5) is 0 Å². The SMILES string of the molecule is COc1ccc(CCN(C)CCCN2CC(C)(C)c3cc(OC)c(OC)cc3C2=O)cc1OC. The normalized spacial score (nSPS) is 14.7. The number of amides is 1. The van der Waals surface area contributed by atoms with Gasteiger partial charge in [-0.2, -0.15) is 0 Å². The Bertz CT molecular complexity index is 1000. The molecule has 1 aliphatic heterocycles. The van der Waals surface area contributed by atoms with Crippen LogP contribution in [0.5, 0.6) is 23.0 Å².